The maximum Gasteiger partial charge on any atom is 0.137 e. The van der Waals surface area contributed by atoms with Gasteiger partial charge in [0.25, 0.3) is 0 Å². The van der Waals surface area contributed by atoms with Gasteiger partial charge in [-0.05, 0) is 0 Å². The Morgan fingerprint density at radius 3 is 3.00 bits per heavy atom. The largest absolute Gasteiger partial charge is 0.386 e. The molecule has 3 N–H and O–H groups in total. The summed E-state index contributed by atoms with van der Waals surface area (Å²) in [6.45, 7) is 0.566. The first-order valence-corrected chi connectivity index (χ1v) is 1.96. The van der Waals surface area contributed by atoms with Crippen LogP contribution in [0, 0.1) is 0 Å². The monoisotopic (exact) mass is 98.1 g/mol. The summed E-state index contributed by atoms with van der Waals surface area (Å²) in [7, 11) is 0. The van der Waals surface area contributed by atoms with Crippen molar-refractivity contribution in [3.8, 4) is 0 Å². The first-order valence-electron chi connectivity index (χ1n) is 1.96. The molecule has 0 amide bonds. The molecule has 1 aliphatic heterocycles. The van der Waals surface area contributed by atoms with Crippen LogP contribution in [-0.4, -0.2) is 18.7 Å². The zero-order valence-electron chi connectivity index (χ0n) is 3.76. The molecule has 0 saturated heterocycles. The van der Waals surface area contributed by atoms with Crippen molar-refractivity contribution >= 4 is 12.2 Å². The number of hydrogen-bond donors (Lipinski definition) is 2. The van der Waals surface area contributed by atoms with E-state index in [0.29, 0.717) is 12.4 Å². The minimum Gasteiger partial charge on any atom is -0.386 e. The molecule has 0 fully saturated rings. The molecule has 7 heavy (non-hydrogen) atoms. The molecule has 0 bridgehead atoms. The van der Waals surface area contributed by atoms with Crippen molar-refractivity contribution in [1.29, 1.82) is 0 Å². The lowest BCUT2D eigenvalue weighted by Gasteiger charge is -2.00. The Morgan fingerprint density at radius 1 is 1.86 bits per heavy atom. The van der Waals surface area contributed by atoms with Crippen LogP contribution in [-0.2, 0) is 0 Å². The van der Waals surface area contributed by atoms with E-state index in [2.05, 4.69) is 15.5 Å². The SMILES string of the molecule is NC1=NC=NNC1. The molecule has 38 valence electrons. The molecule has 1 rings (SSSR count). The number of amidine groups is 1. The van der Waals surface area contributed by atoms with Gasteiger partial charge in [0.1, 0.15) is 12.2 Å². The number of hydrazone groups is 1. The van der Waals surface area contributed by atoms with Gasteiger partial charge < -0.3 is 11.2 Å². The fraction of sp³-hybridized carbons (Fsp3) is 0.333. The second-order valence-corrected chi connectivity index (χ2v) is 1.20. The number of rotatable bonds is 0. The highest BCUT2D eigenvalue weighted by atomic mass is 15.3. The summed E-state index contributed by atoms with van der Waals surface area (Å²) in [5, 5.41) is 3.58. The highest BCUT2D eigenvalue weighted by Gasteiger charge is 1.89. The molecule has 0 aromatic carbocycles. The summed E-state index contributed by atoms with van der Waals surface area (Å²) in [5.41, 5.74) is 7.88. The summed E-state index contributed by atoms with van der Waals surface area (Å²) in [6.07, 6.45) is 1.39. The Balaban J connectivity index is 2.57. The lowest BCUT2D eigenvalue weighted by molar-refractivity contribution is 0.834. The normalized spacial score (nSPS) is 18.0. The highest BCUT2D eigenvalue weighted by molar-refractivity contribution is 5.90. The van der Waals surface area contributed by atoms with Gasteiger partial charge in [0.05, 0.1) is 6.54 Å². The third kappa shape index (κ3) is 0.887. The van der Waals surface area contributed by atoms with E-state index in [1.54, 1.807) is 0 Å². The average molecular weight is 98.1 g/mol. The summed E-state index contributed by atoms with van der Waals surface area (Å²) >= 11 is 0. The summed E-state index contributed by atoms with van der Waals surface area (Å²) < 4.78 is 0. The van der Waals surface area contributed by atoms with E-state index in [1.165, 1.54) is 6.34 Å². The number of aliphatic imine (C=N–C) groups is 1. The van der Waals surface area contributed by atoms with Gasteiger partial charge >= 0.3 is 0 Å². The minimum absolute atomic E-state index is 0.566. The van der Waals surface area contributed by atoms with Gasteiger partial charge in [-0.1, -0.05) is 0 Å². The quantitative estimate of drug-likeness (QED) is 0.403. The second-order valence-electron chi connectivity index (χ2n) is 1.20. The van der Waals surface area contributed by atoms with Crippen LogP contribution in [0.5, 0.6) is 0 Å². The Kier molecular flexibility index (Phi) is 0.934. The summed E-state index contributed by atoms with van der Waals surface area (Å²) in [6, 6.07) is 0. The standard InChI is InChI=1S/C3H6N4/c4-3-1-6-7-2-5-3/h2,6H,1H2,(H2,4,5,7). The van der Waals surface area contributed by atoms with Crippen LogP contribution in [0.1, 0.15) is 0 Å². The predicted molar refractivity (Wildman–Crippen MR) is 28.1 cm³/mol. The van der Waals surface area contributed by atoms with Crippen molar-refractivity contribution in [3.63, 3.8) is 0 Å². The first-order chi connectivity index (χ1) is 3.39. The Labute approximate surface area is 41.1 Å². The smallest absolute Gasteiger partial charge is 0.137 e. The minimum atomic E-state index is 0.566. The number of nitrogens with zero attached hydrogens (tertiary/aromatic N) is 2. The molecule has 0 saturated carbocycles. The lowest BCUT2D eigenvalue weighted by atomic mass is 10.6. The lowest BCUT2D eigenvalue weighted by Crippen LogP contribution is -2.28. The summed E-state index contributed by atoms with van der Waals surface area (Å²) in [4.78, 5) is 3.67. The molecule has 0 radical (unpaired) electrons. The molecule has 1 aliphatic rings. The van der Waals surface area contributed by atoms with E-state index >= 15 is 0 Å². The molecule has 4 heteroatoms. The van der Waals surface area contributed by atoms with Gasteiger partial charge in [0, 0.05) is 0 Å². The fourth-order valence-electron chi connectivity index (χ4n) is 0.316. The van der Waals surface area contributed by atoms with Gasteiger partial charge in [-0.15, -0.1) is 0 Å². The van der Waals surface area contributed by atoms with Crippen molar-refractivity contribution in [2.24, 2.45) is 15.8 Å². The Hall–Kier alpha value is -1.06. The van der Waals surface area contributed by atoms with Crippen molar-refractivity contribution in [2.75, 3.05) is 6.54 Å². The fourth-order valence-corrected chi connectivity index (χ4v) is 0.316. The van der Waals surface area contributed by atoms with Gasteiger partial charge in [-0.25, -0.2) is 4.99 Å². The topological polar surface area (TPSA) is 62.8 Å². The van der Waals surface area contributed by atoms with Crippen LogP contribution in [0.3, 0.4) is 0 Å². The molecule has 0 aliphatic carbocycles. The van der Waals surface area contributed by atoms with Crippen molar-refractivity contribution in [3.05, 3.63) is 0 Å². The third-order valence-corrected chi connectivity index (χ3v) is 0.633. The highest BCUT2D eigenvalue weighted by Crippen LogP contribution is 1.71. The predicted octanol–water partition coefficient (Wildman–Crippen LogP) is -1.11. The van der Waals surface area contributed by atoms with E-state index in [9.17, 15) is 0 Å². The van der Waals surface area contributed by atoms with Gasteiger partial charge in [0.2, 0.25) is 0 Å². The van der Waals surface area contributed by atoms with Crippen molar-refractivity contribution in [1.82, 2.24) is 5.43 Å². The van der Waals surface area contributed by atoms with Gasteiger partial charge in [0.15, 0.2) is 0 Å². The summed E-state index contributed by atoms with van der Waals surface area (Å²) in [5.74, 6) is 0.579. The number of nitrogens with two attached hydrogens (primary N) is 1. The van der Waals surface area contributed by atoms with Crippen LogP contribution in [0.4, 0.5) is 0 Å². The molecule has 0 unspecified atom stereocenters. The van der Waals surface area contributed by atoms with Crippen LogP contribution in [0.25, 0.3) is 0 Å². The van der Waals surface area contributed by atoms with E-state index in [0.717, 1.165) is 0 Å². The zero-order valence-corrected chi connectivity index (χ0v) is 3.76. The molecule has 0 atom stereocenters. The second kappa shape index (κ2) is 1.59. The first kappa shape index (κ1) is 4.11. The molecule has 4 nitrogen and oxygen atoms in total. The van der Waals surface area contributed by atoms with E-state index < -0.39 is 0 Å². The van der Waals surface area contributed by atoms with E-state index in [4.69, 9.17) is 5.73 Å². The average Bonchev–Trinajstić information content (AvgIpc) is 1.69. The van der Waals surface area contributed by atoms with Crippen LogP contribution in [0.15, 0.2) is 10.1 Å². The third-order valence-electron chi connectivity index (χ3n) is 0.633. The van der Waals surface area contributed by atoms with Crippen LogP contribution < -0.4 is 11.2 Å². The maximum atomic E-state index is 5.23. The van der Waals surface area contributed by atoms with Crippen LogP contribution >= 0.6 is 0 Å². The Morgan fingerprint density at radius 2 is 2.71 bits per heavy atom. The van der Waals surface area contributed by atoms with E-state index in [-0.39, 0.29) is 0 Å². The zero-order chi connectivity index (χ0) is 5.11. The molecule has 0 aromatic heterocycles. The van der Waals surface area contributed by atoms with Crippen molar-refractivity contribution < 1.29 is 0 Å². The van der Waals surface area contributed by atoms with Crippen LogP contribution in [0.2, 0.25) is 0 Å². The molecule has 1 heterocycles. The molecule has 0 spiro atoms. The van der Waals surface area contributed by atoms with Gasteiger partial charge in [-0.2, -0.15) is 5.10 Å². The van der Waals surface area contributed by atoms with Gasteiger partial charge in [-0.3, -0.25) is 0 Å². The number of hydrogen-bond acceptors (Lipinski definition) is 4. The Bertz CT molecular complexity index is 114. The number of nitrogens with one attached hydrogen (secondary N) is 1. The van der Waals surface area contributed by atoms with E-state index in [1.807, 2.05) is 0 Å². The molecular weight excluding hydrogens is 92.1 g/mol. The van der Waals surface area contributed by atoms with Crippen molar-refractivity contribution in [2.45, 2.75) is 0 Å². The maximum absolute atomic E-state index is 5.23. The molecular formula is C3H6N4. The molecule has 0 aromatic rings.